The molecule has 1 heterocycles. The highest BCUT2D eigenvalue weighted by Gasteiger charge is 2.42. The Kier molecular flexibility index (Phi) is 5.38. The van der Waals surface area contributed by atoms with Crippen LogP contribution in [0.3, 0.4) is 0 Å². The number of likely N-dealkylation sites (tertiary alicyclic amines) is 1. The Hall–Kier alpha value is -0.620. The van der Waals surface area contributed by atoms with Crippen molar-refractivity contribution >= 4 is 15.8 Å². The Labute approximate surface area is 115 Å². The van der Waals surface area contributed by atoms with Gasteiger partial charge < -0.3 is 5.11 Å². The molecule has 0 amide bonds. The predicted octanol–water partition coefficient (Wildman–Crippen LogP) is 1.39. The van der Waals surface area contributed by atoms with Crippen LogP contribution in [0.1, 0.15) is 40.0 Å². The summed E-state index contributed by atoms with van der Waals surface area (Å²) in [5.41, 5.74) is -0.307. The van der Waals surface area contributed by atoms with Crippen LogP contribution in [-0.2, 0) is 14.6 Å². The second-order valence-corrected chi connectivity index (χ2v) is 8.32. The number of nitrogens with zero attached hydrogens (tertiary/aromatic N) is 1. The van der Waals surface area contributed by atoms with Gasteiger partial charge in [0.05, 0.1) is 5.75 Å². The van der Waals surface area contributed by atoms with Gasteiger partial charge in [-0.3, -0.25) is 9.69 Å². The molecule has 1 rings (SSSR count). The first-order valence-corrected chi connectivity index (χ1v) is 8.69. The van der Waals surface area contributed by atoms with Crippen LogP contribution in [0.25, 0.3) is 0 Å². The Bertz CT molecular complexity index is 416. The van der Waals surface area contributed by atoms with Gasteiger partial charge in [-0.1, -0.05) is 20.8 Å². The fourth-order valence-corrected chi connectivity index (χ4v) is 4.24. The second-order valence-electron chi connectivity index (χ2n) is 6.02. The van der Waals surface area contributed by atoms with Crippen LogP contribution in [0.5, 0.6) is 0 Å². The van der Waals surface area contributed by atoms with Gasteiger partial charge in [-0.15, -0.1) is 0 Å². The van der Waals surface area contributed by atoms with Crippen molar-refractivity contribution in [3.63, 3.8) is 0 Å². The van der Waals surface area contributed by atoms with Crippen LogP contribution in [0.4, 0.5) is 0 Å². The predicted molar refractivity (Wildman–Crippen MR) is 75.0 cm³/mol. The SMILES string of the molecule is CCCS(=O)(=O)CCN1CCCC(C)(C)C1C(=O)O. The van der Waals surface area contributed by atoms with Gasteiger partial charge in [0.15, 0.2) is 9.84 Å². The molecule has 0 aromatic heterocycles. The monoisotopic (exact) mass is 291 g/mol. The molecule has 0 aliphatic carbocycles. The standard InChI is InChI=1S/C13H25NO4S/c1-4-9-19(17,18)10-8-14-7-5-6-13(2,3)11(14)12(15)16/h11H,4-10H2,1-3H3,(H,15,16). The normalized spacial score (nSPS) is 24.3. The maximum absolute atomic E-state index is 11.7. The van der Waals surface area contributed by atoms with Crippen LogP contribution in [-0.4, -0.2) is 55.0 Å². The summed E-state index contributed by atoms with van der Waals surface area (Å²) in [6.45, 7) is 6.71. The minimum absolute atomic E-state index is 0.0563. The topological polar surface area (TPSA) is 74.7 Å². The average Bonchev–Trinajstić information content (AvgIpc) is 2.24. The van der Waals surface area contributed by atoms with Gasteiger partial charge in [0.25, 0.3) is 0 Å². The fourth-order valence-electron chi connectivity index (χ4n) is 2.90. The number of carboxylic acid groups (broad SMARTS) is 1. The summed E-state index contributed by atoms with van der Waals surface area (Å²) in [4.78, 5) is 13.3. The molecule has 1 aliphatic heterocycles. The first kappa shape index (κ1) is 16.4. The molecule has 0 spiro atoms. The van der Waals surface area contributed by atoms with Crippen LogP contribution in [0.2, 0.25) is 0 Å². The molecule has 0 bridgehead atoms. The van der Waals surface area contributed by atoms with Crippen molar-refractivity contribution in [2.75, 3.05) is 24.6 Å². The van der Waals surface area contributed by atoms with Gasteiger partial charge >= 0.3 is 5.97 Å². The van der Waals surface area contributed by atoms with E-state index in [-0.39, 0.29) is 16.9 Å². The van der Waals surface area contributed by atoms with Crippen molar-refractivity contribution in [3.05, 3.63) is 0 Å². The molecule has 1 fully saturated rings. The lowest BCUT2D eigenvalue weighted by molar-refractivity contribution is -0.150. The summed E-state index contributed by atoms with van der Waals surface area (Å²) in [7, 11) is -3.05. The number of piperidine rings is 1. The van der Waals surface area contributed by atoms with Crippen molar-refractivity contribution in [1.82, 2.24) is 4.90 Å². The molecule has 1 aliphatic rings. The minimum atomic E-state index is -3.05. The quantitative estimate of drug-likeness (QED) is 0.800. The molecular weight excluding hydrogens is 266 g/mol. The fraction of sp³-hybridized carbons (Fsp3) is 0.923. The van der Waals surface area contributed by atoms with Gasteiger partial charge in [-0.05, 0) is 31.2 Å². The van der Waals surface area contributed by atoms with E-state index in [4.69, 9.17) is 0 Å². The number of rotatable bonds is 6. The summed E-state index contributed by atoms with van der Waals surface area (Å²) in [5, 5.41) is 9.39. The van der Waals surface area contributed by atoms with Gasteiger partial charge in [0.2, 0.25) is 0 Å². The van der Waals surface area contributed by atoms with Crippen molar-refractivity contribution in [1.29, 1.82) is 0 Å². The van der Waals surface area contributed by atoms with Gasteiger partial charge in [-0.2, -0.15) is 0 Å². The smallest absolute Gasteiger partial charge is 0.321 e. The molecule has 1 N–H and O–H groups in total. The molecule has 1 unspecified atom stereocenters. The highest BCUT2D eigenvalue weighted by molar-refractivity contribution is 7.91. The van der Waals surface area contributed by atoms with E-state index in [1.165, 1.54) is 0 Å². The zero-order valence-corrected chi connectivity index (χ0v) is 12.9. The lowest BCUT2D eigenvalue weighted by atomic mass is 9.76. The lowest BCUT2D eigenvalue weighted by Gasteiger charge is -2.44. The third-order valence-electron chi connectivity index (χ3n) is 3.81. The second kappa shape index (κ2) is 6.22. The van der Waals surface area contributed by atoms with E-state index < -0.39 is 21.8 Å². The molecule has 112 valence electrons. The Morgan fingerprint density at radius 1 is 1.37 bits per heavy atom. The highest BCUT2D eigenvalue weighted by atomic mass is 32.2. The lowest BCUT2D eigenvalue weighted by Crippen LogP contribution is -2.55. The van der Waals surface area contributed by atoms with E-state index in [9.17, 15) is 18.3 Å². The molecule has 1 atom stereocenters. The molecule has 0 radical (unpaired) electrons. The van der Waals surface area contributed by atoms with Gasteiger partial charge in [-0.25, -0.2) is 8.42 Å². The van der Waals surface area contributed by atoms with Crippen molar-refractivity contribution < 1.29 is 18.3 Å². The van der Waals surface area contributed by atoms with E-state index >= 15 is 0 Å². The number of sulfone groups is 1. The molecular formula is C13H25NO4S. The van der Waals surface area contributed by atoms with E-state index in [2.05, 4.69) is 0 Å². The summed E-state index contributed by atoms with van der Waals surface area (Å²) in [6, 6.07) is -0.585. The molecule has 1 saturated heterocycles. The highest BCUT2D eigenvalue weighted by Crippen LogP contribution is 2.35. The molecule has 19 heavy (non-hydrogen) atoms. The Balaban J connectivity index is 2.73. The Morgan fingerprint density at radius 3 is 2.53 bits per heavy atom. The summed E-state index contributed by atoms with van der Waals surface area (Å²) in [5.74, 6) is -0.611. The molecule has 0 aromatic carbocycles. The van der Waals surface area contributed by atoms with E-state index in [1.54, 1.807) is 0 Å². The molecule has 0 saturated carbocycles. The number of carbonyl (C=O) groups is 1. The summed E-state index contributed by atoms with van der Waals surface area (Å²) >= 11 is 0. The van der Waals surface area contributed by atoms with Gasteiger partial charge in [0, 0.05) is 12.3 Å². The molecule has 0 aromatic rings. The summed E-state index contributed by atoms with van der Waals surface area (Å²) < 4.78 is 23.5. The van der Waals surface area contributed by atoms with Crippen LogP contribution in [0, 0.1) is 5.41 Å². The van der Waals surface area contributed by atoms with Gasteiger partial charge in [0.1, 0.15) is 6.04 Å². The van der Waals surface area contributed by atoms with Crippen molar-refractivity contribution in [2.24, 2.45) is 5.41 Å². The first-order valence-electron chi connectivity index (χ1n) is 6.87. The summed E-state index contributed by atoms with van der Waals surface area (Å²) in [6.07, 6.45) is 2.39. The zero-order valence-electron chi connectivity index (χ0n) is 12.1. The van der Waals surface area contributed by atoms with Crippen molar-refractivity contribution in [3.8, 4) is 0 Å². The van der Waals surface area contributed by atoms with Crippen molar-refractivity contribution in [2.45, 2.75) is 46.1 Å². The van der Waals surface area contributed by atoms with E-state index in [0.717, 1.165) is 12.8 Å². The number of aliphatic carboxylic acids is 1. The average molecular weight is 291 g/mol. The largest absolute Gasteiger partial charge is 0.480 e. The van der Waals surface area contributed by atoms with Crippen LogP contribution < -0.4 is 0 Å². The minimum Gasteiger partial charge on any atom is -0.480 e. The van der Waals surface area contributed by atoms with E-state index in [0.29, 0.717) is 19.5 Å². The molecule has 5 nitrogen and oxygen atoms in total. The zero-order chi connectivity index (χ0) is 14.7. The Morgan fingerprint density at radius 2 is 2.00 bits per heavy atom. The number of hydrogen-bond donors (Lipinski definition) is 1. The third-order valence-corrected chi connectivity index (χ3v) is 5.65. The maximum Gasteiger partial charge on any atom is 0.321 e. The third kappa shape index (κ3) is 4.45. The van der Waals surface area contributed by atoms with Crippen LogP contribution >= 0.6 is 0 Å². The maximum atomic E-state index is 11.7. The molecule has 6 heteroatoms. The number of hydrogen-bond acceptors (Lipinski definition) is 4. The van der Waals surface area contributed by atoms with E-state index in [1.807, 2.05) is 25.7 Å². The number of carboxylic acids is 1. The van der Waals surface area contributed by atoms with Crippen LogP contribution in [0.15, 0.2) is 0 Å². The first-order chi connectivity index (χ1) is 8.69.